The molecule has 0 spiro atoms. The third-order valence-corrected chi connectivity index (χ3v) is 4.34. The van der Waals surface area contributed by atoms with Crippen molar-refractivity contribution in [3.63, 3.8) is 0 Å². The summed E-state index contributed by atoms with van der Waals surface area (Å²) in [5.74, 6) is 0. The van der Waals surface area contributed by atoms with Crippen LogP contribution in [0, 0.1) is 4.77 Å². The number of nitrogens with one attached hydrogen (secondary N) is 1. The molecule has 0 bridgehead atoms. The van der Waals surface area contributed by atoms with Crippen molar-refractivity contribution in [2.45, 2.75) is 32.2 Å². The smallest absolute Gasteiger partial charge is 0.178 e. The highest BCUT2D eigenvalue weighted by molar-refractivity contribution is 9.10. The minimum absolute atomic E-state index is 0.821. The van der Waals surface area contributed by atoms with Gasteiger partial charge in [-0.25, -0.2) is 0 Å². The highest BCUT2D eigenvalue weighted by atomic mass is 79.9. The average Bonchev–Trinajstić information content (AvgIpc) is 2.94. The molecule has 94 valence electrons. The lowest BCUT2D eigenvalue weighted by atomic mass is 10.1. The summed E-state index contributed by atoms with van der Waals surface area (Å²) in [4.78, 5) is 3.27. The van der Waals surface area contributed by atoms with Gasteiger partial charge in [-0.1, -0.05) is 27.6 Å². The molecule has 2 nitrogen and oxygen atoms in total. The molecule has 1 aromatic heterocycles. The molecule has 1 aromatic carbocycles. The highest BCUT2D eigenvalue weighted by Gasteiger charge is 2.08. The van der Waals surface area contributed by atoms with Crippen LogP contribution in [-0.4, -0.2) is 9.55 Å². The third-order valence-electron chi connectivity index (χ3n) is 3.53. The zero-order chi connectivity index (χ0) is 12.5. The van der Waals surface area contributed by atoms with E-state index in [1.807, 2.05) is 6.07 Å². The second-order valence-electron chi connectivity index (χ2n) is 4.75. The normalized spacial score (nSPS) is 15.3. The Balaban J connectivity index is 1.92. The summed E-state index contributed by atoms with van der Waals surface area (Å²) in [5.41, 5.74) is 3.89. The van der Waals surface area contributed by atoms with Gasteiger partial charge < -0.3 is 9.55 Å². The standard InChI is InChI=1S/C14H15BrN2S/c15-11-5-6-12-13(9-11)17(14(18)16-12)8-7-10-3-1-2-4-10/h3,5-6,9H,1-2,4,7-8H2,(H,16,18). The zero-order valence-electron chi connectivity index (χ0n) is 10.1. The Morgan fingerprint density at radius 2 is 2.28 bits per heavy atom. The molecule has 1 N–H and O–H groups in total. The number of halogens is 1. The van der Waals surface area contributed by atoms with Crippen LogP contribution in [0.4, 0.5) is 0 Å². The number of nitrogens with zero attached hydrogens (tertiary/aromatic N) is 1. The van der Waals surface area contributed by atoms with Gasteiger partial charge in [0.05, 0.1) is 11.0 Å². The van der Waals surface area contributed by atoms with Gasteiger partial charge in [-0.05, 0) is 56.1 Å². The van der Waals surface area contributed by atoms with Gasteiger partial charge in [0.2, 0.25) is 0 Å². The molecule has 0 amide bonds. The molecule has 2 aromatic rings. The van der Waals surface area contributed by atoms with E-state index in [4.69, 9.17) is 12.2 Å². The van der Waals surface area contributed by atoms with Crippen molar-refractivity contribution in [2.75, 3.05) is 0 Å². The monoisotopic (exact) mass is 322 g/mol. The van der Waals surface area contributed by atoms with Crippen LogP contribution >= 0.6 is 28.1 Å². The highest BCUT2D eigenvalue weighted by Crippen LogP contribution is 2.24. The van der Waals surface area contributed by atoms with Crippen molar-refractivity contribution >= 4 is 39.2 Å². The molecule has 1 aliphatic carbocycles. The van der Waals surface area contributed by atoms with Crippen LogP contribution in [-0.2, 0) is 6.54 Å². The predicted octanol–water partition coefficient (Wildman–Crippen LogP) is 4.96. The van der Waals surface area contributed by atoms with Gasteiger partial charge in [0.1, 0.15) is 0 Å². The van der Waals surface area contributed by atoms with E-state index in [0.29, 0.717) is 0 Å². The summed E-state index contributed by atoms with van der Waals surface area (Å²) in [6.07, 6.45) is 7.34. The van der Waals surface area contributed by atoms with Gasteiger partial charge in [-0.2, -0.15) is 0 Å². The van der Waals surface area contributed by atoms with Gasteiger partial charge in [0, 0.05) is 11.0 Å². The van der Waals surface area contributed by atoms with Crippen molar-refractivity contribution in [3.05, 3.63) is 39.1 Å². The first-order valence-electron chi connectivity index (χ1n) is 6.30. The first kappa shape index (κ1) is 12.2. The molecule has 1 aliphatic rings. The van der Waals surface area contributed by atoms with Crippen LogP contribution in [0.2, 0.25) is 0 Å². The predicted molar refractivity (Wildman–Crippen MR) is 81.4 cm³/mol. The SMILES string of the molecule is S=c1[nH]c2ccc(Br)cc2n1CCC1=CCCC1. The maximum absolute atomic E-state index is 5.41. The second kappa shape index (κ2) is 5.02. The molecular formula is C14H15BrN2S. The van der Waals surface area contributed by atoms with E-state index in [1.165, 1.54) is 24.8 Å². The summed E-state index contributed by atoms with van der Waals surface area (Å²) < 4.78 is 4.12. The molecule has 0 unspecified atom stereocenters. The number of allylic oxidation sites excluding steroid dienone is 2. The number of aryl methyl sites for hydroxylation is 1. The number of imidazole rings is 1. The van der Waals surface area contributed by atoms with Gasteiger partial charge in [0.15, 0.2) is 4.77 Å². The molecule has 3 rings (SSSR count). The number of H-pyrrole nitrogens is 1. The maximum atomic E-state index is 5.41. The third kappa shape index (κ3) is 2.31. The summed E-state index contributed by atoms with van der Waals surface area (Å²) in [5, 5.41) is 0. The first-order chi connectivity index (χ1) is 8.74. The van der Waals surface area contributed by atoms with E-state index in [1.54, 1.807) is 5.57 Å². The summed E-state index contributed by atoms with van der Waals surface area (Å²) in [6, 6.07) is 6.24. The molecule has 18 heavy (non-hydrogen) atoms. The van der Waals surface area contributed by atoms with E-state index in [-0.39, 0.29) is 0 Å². The molecule has 0 radical (unpaired) electrons. The van der Waals surface area contributed by atoms with Crippen LogP contribution in [0.5, 0.6) is 0 Å². The van der Waals surface area contributed by atoms with E-state index in [0.717, 1.165) is 27.7 Å². The van der Waals surface area contributed by atoms with Crippen molar-refractivity contribution in [3.8, 4) is 0 Å². The van der Waals surface area contributed by atoms with Crippen molar-refractivity contribution in [2.24, 2.45) is 0 Å². The lowest BCUT2D eigenvalue weighted by Crippen LogP contribution is -1.98. The zero-order valence-corrected chi connectivity index (χ0v) is 12.5. The largest absolute Gasteiger partial charge is 0.331 e. The van der Waals surface area contributed by atoms with Gasteiger partial charge in [-0.15, -0.1) is 0 Å². The lowest BCUT2D eigenvalue weighted by molar-refractivity contribution is 0.688. The molecule has 0 saturated heterocycles. The Bertz CT molecular complexity index is 666. The Labute approximate surface area is 120 Å². The van der Waals surface area contributed by atoms with Crippen molar-refractivity contribution < 1.29 is 0 Å². The number of hydrogen-bond donors (Lipinski definition) is 1. The van der Waals surface area contributed by atoms with E-state index in [2.05, 4.69) is 43.7 Å². The minimum Gasteiger partial charge on any atom is -0.331 e. The Morgan fingerprint density at radius 1 is 1.39 bits per heavy atom. The Kier molecular flexibility index (Phi) is 3.39. The fourth-order valence-corrected chi connectivity index (χ4v) is 3.22. The molecule has 1 heterocycles. The number of rotatable bonds is 3. The van der Waals surface area contributed by atoms with Crippen molar-refractivity contribution in [1.29, 1.82) is 0 Å². The number of fused-ring (bicyclic) bond motifs is 1. The van der Waals surface area contributed by atoms with Crippen LogP contribution in [0.3, 0.4) is 0 Å². The van der Waals surface area contributed by atoms with Crippen molar-refractivity contribution in [1.82, 2.24) is 9.55 Å². The fourth-order valence-electron chi connectivity index (χ4n) is 2.57. The average molecular weight is 323 g/mol. The fraction of sp³-hybridized carbons (Fsp3) is 0.357. The summed E-state index contributed by atoms with van der Waals surface area (Å²) >= 11 is 8.93. The van der Waals surface area contributed by atoms with Crippen LogP contribution < -0.4 is 0 Å². The van der Waals surface area contributed by atoms with E-state index >= 15 is 0 Å². The maximum Gasteiger partial charge on any atom is 0.178 e. The van der Waals surface area contributed by atoms with Gasteiger partial charge in [0.25, 0.3) is 0 Å². The van der Waals surface area contributed by atoms with Gasteiger partial charge in [-0.3, -0.25) is 0 Å². The van der Waals surface area contributed by atoms with Crippen LogP contribution in [0.15, 0.2) is 34.3 Å². The molecule has 0 atom stereocenters. The Morgan fingerprint density at radius 3 is 3.06 bits per heavy atom. The number of benzene rings is 1. The lowest BCUT2D eigenvalue weighted by Gasteiger charge is -2.05. The van der Waals surface area contributed by atoms with E-state index < -0.39 is 0 Å². The molecule has 0 fully saturated rings. The van der Waals surface area contributed by atoms with Crippen LogP contribution in [0.25, 0.3) is 11.0 Å². The number of aromatic amines is 1. The topological polar surface area (TPSA) is 20.7 Å². The second-order valence-corrected chi connectivity index (χ2v) is 6.05. The summed E-state index contributed by atoms with van der Waals surface area (Å²) in [6.45, 7) is 0.973. The summed E-state index contributed by atoms with van der Waals surface area (Å²) in [7, 11) is 0. The quantitative estimate of drug-likeness (QED) is 0.625. The number of hydrogen-bond acceptors (Lipinski definition) is 1. The molecule has 4 heteroatoms. The Hall–Kier alpha value is -0.870. The molecule has 0 aliphatic heterocycles. The number of aromatic nitrogens is 2. The minimum atomic E-state index is 0.821. The first-order valence-corrected chi connectivity index (χ1v) is 7.50. The van der Waals surface area contributed by atoms with Gasteiger partial charge >= 0.3 is 0 Å². The van der Waals surface area contributed by atoms with E-state index in [9.17, 15) is 0 Å². The molecule has 0 saturated carbocycles. The molecular weight excluding hydrogens is 308 g/mol. The van der Waals surface area contributed by atoms with Crippen LogP contribution in [0.1, 0.15) is 25.7 Å².